The van der Waals surface area contributed by atoms with Gasteiger partial charge in [0.25, 0.3) is 5.69 Å². The summed E-state index contributed by atoms with van der Waals surface area (Å²) in [4.78, 5) is 11.7. The first kappa shape index (κ1) is 16.4. The quantitative estimate of drug-likeness (QED) is 0.406. The average Bonchev–Trinajstić information content (AvgIpc) is 3.21. The molecule has 0 atom stereocenters. The van der Waals surface area contributed by atoms with Crippen LogP contribution < -0.4 is 5.32 Å². The summed E-state index contributed by atoms with van der Waals surface area (Å²) in [6.07, 6.45) is 2.99. The lowest BCUT2D eigenvalue weighted by Gasteiger charge is -2.05. The molecule has 3 aromatic rings. The van der Waals surface area contributed by atoms with Gasteiger partial charge in [-0.15, -0.1) is 11.3 Å². The highest BCUT2D eigenvalue weighted by Gasteiger charge is 2.12. The van der Waals surface area contributed by atoms with E-state index in [1.54, 1.807) is 28.2 Å². The van der Waals surface area contributed by atoms with Crippen LogP contribution in [-0.2, 0) is 20.0 Å². The van der Waals surface area contributed by atoms with Gasteiger partial charge in [0.15, 0.2) is 0 Å². The Hall–Kier alpha value is -2.51. The van der Waals surface area contributed by atoms with Gasteiger partial charge in [0.05, 0.1) is 10.6 Å². The molecule has 2 aromatic heterocycles. The molecule has 0 unspecified atom stereocenters. The number of thiophene rings is 1. The first-order valence-corrected chi connectivity index (χ1v) is 8.52. The van der Waals surface area contributed by atoms with E-state index in [9.17, 15) is 10.1 Å². The standard InChI is InChI=1S/C17H18N4O2S/c1-20-12-14(11-18-9-8-16-3-2-10-24-16)17(19-20)13-4-6-15(7-5-13)21(22)23/h2-7,10,12,18H,8-9,11H2,1H3. The Bertz CT molecular complexity index is 810. The van der Waals surface area contributed by atoms with Crippen LogP contribution in [0.25, 0.3) is 11.3 Å². The number of hydrogen-bond donors (Lipinski definition) is 1. The monoisotopic (exact) mass is 342 g/mol. The minimum absolute atomic E-state index is 0.0882. The molecule has 124 valence electrons. The van der Waals surface area contributed by atoms with Crippen LogP contribution in [0.5, 0.6) is 0 Å². The Morgan fingerprint density at radius 3 is 2.75 bits per heavy atom. The van der Waals surface area contributed by atoms with E-state index < -0.39 is 4.92 Å². The summed E-state index contributed by atoms with van der Waals surface area (Å²) < 4.78 is 1.77. The van der Waals surface area contributed by atoms with Crippen molar-refractivity contribution in [2.75, 3.05) is 6.54 Å². The number of nitrogens with one attached hydrogen (secondary N) is 1. The van der Waals surface area contributed by atoms with Crippen molar-refractivity contribution < 1.29 is 4.92 Å². The van der Waals surface area contributed by atoms with Crippen LogP contribution in [0.3, 0.4) is 0 Å². The van der Waals surface area contributed by atoms with Gasteiger partial charge in [-0.3, -0.25) is 14.8 Å². The molecule has 0 aliphatic rings. The van der Waals surface area contributed by atoms with E-state index in [-0.39, 0.29) is 5.69 Å². The summed E-state index contributed by atoms with van der Waals surface area (Å²) in [7, 11) is 1.88. The number of hydrogen-bond acceptors (Lipinski definition) is 5. The molecule has 0 aliphatic heterocycles. The topological polar surface area (TPSA) is 73.0 Å². The molecule has 7 heteroatoms. The van der Waals surface area contributed by atoms with Gasteiger partial charge >= 0.3 is 0 Å². The maximum Gasteiger partial charge on any atom is 0.269 e. The van der Waals surface area contributed by atoms with Crippen molar-refractivity contribution in [3.05, 3.63) is 68.5 Å². The number of aryl methyl sites for hydroxylation is 1. The maximum atomic E-state index is 10.8. The largest absolute Gasteiger partial charge is 0.312 e. The summed E-state index contributed by atoms with van der Waals surface area (Å²) in [6, 6.07) is 10.7. The zero-order valence-electron chi connectivity index (χ0n) is 13.3. The van der Waals surface area contributed by atoms with E-state index in [2.05, 4.69) is 27.9 Å². The normalized spacial score (nSPS) is 10.9. The lowest BCUT2D eigenvalue weighted by Crippen LogP contribution is -2.16. The number of nitrogens with zero attached hydrogens (tertiary/aromatic N) is 3. The minimum Gasteiger partial charge on any atom is -0.312 e. The molecular formula is C17H18N4O2S. The molecule has 24 heavy (non-hydrogen) atoms. The van der Waals surface area contributed by atoms with E-state index in [1.165, 1.54) is 17.0 Å². The third-order valence-electron chi connectivity index (χ3n) is 3.70. The summed E-state index contributed by atoms with van der Waals surface area (Å²) in [5.41, 5.74) is 2.91. The Kier molecular flexibility index (Phi) is 5.02. The molecule has 1 aromatic carbocycles. The molecule has 6 nitrogen and oxygen atoms in total. The maximum absolute atomic E-state index is 10.8. The van der Waals surface area contributed by atoms with Gasteiger partial charge in [-0.25, -0.2) is 0 Å². The number of benzene rings is 1. The van der Waals surface area contributed by atoms with Crippen molar-refractivity contribution in [2.45, 2.75) is 13.0 Å². The molecule has 0 radical (unpaired) electrons. The predicted molar refractivity (Wildman–Crippen MR) is 95.0 cm³/mol. The van der Waals surface area contributed by atoms with Gasteiger partial charge in [0.2, 0.25) is 0 Å². The number of non-ortho nitro benzene ring substituents is 1. The smallest absolute Gasteiger partial charge is 0.269 e. The molecule has 0 aliphatic carbocycles. The van der Waals surface area contributed by atoms with Crippen LogP contribution in [0.1, 0.15) is 10.4 Å². The van der Waals surface area contributed by atoms with Gasteiger partial charge in [0, 0.05) is 54.5 Å². The molecular weight excluding hydrogens is 324 g/mol. The van der Waals surface area contributed by atoms with Crippen LogP contribution in [0.4, 0.5) is 5.69 Å². The van der Waals surface area contributed by atoms with Gasteiger partial charge < -0.3 is 5.32 Å². The highest BCUT2D eigenvalue weighted by atomic mass is 32.1. The molecule has 0 spiro atoms. The second-order valence-corrected chi connectivity index (χ2v) is 6.52. The Morgan fingerprint density at radius 1 is 1.29 bits per heavy atom. The second kappa shape index (κ2) is 7.37. The fourth-order valence-electron chi connectivity index (χ4n) is 2.54. The van der Waals surface area contributed by atoms with E-state index >= 15 is 0 Å². The molecule has 0 fully saturated rings. The lowest BCUT2D eigenvalue weighted by atomic mass is 10.1. The highest BCUT2D eigenvalue weighted by Crippen LogP contribution is 2.24. The molecule has 0 saturated heterocycles. The van der Waals surface area contributed by atoms with Crippen LogP contribution in [0, 0.1) is 10.1 Å². The molecule has 3 rings (SSSR count). The van der Waals surface area contributed by atoms with E-state index in [1.807, 2.05) is 13.2 Å². The summed E-state index contributed by atoms with van der Waals surface area (Å²) in [6.45, 7) is 1.61. The number of aromatic nitrogens is 2. The Labute approximate surface area is 143 Å². The first-order chi connectivity index (χ1) is 11.6. The zero-order valence-corrected chi connectivity index (χ0v) is 14.1. The molecule has 0 saturated carbocycles. The number of nitro benzene ring substituents is 1. The molecule has 2 heterocycles. The highest BCUT2D eigenvalue weighted by molar-refractivity contribution is 7.09. The van der Waals surface area contributed by atoms with Crippen molar-refractivity contribution in [3.63, 3.8) is 0 Å². The minimum atomic E-state index is -0.394. The van der Waals surface area contributed by atoms with E-state index in [0.717, 1.165) is 29.8 Å². The number of rotatable bonds is 7. The molecule has 0 amide bonds. The summed E-state index contributed by atoms with van der Waals surface area (Å²) >= 11 is 1.77. The van der Waals surface area contributed by atoms with Crippen LogP contribution in [0.2, 0.25) is 0 Å². The molecule has 1 N–H and O–H groups in total. The first-order valence-electron chi connectivity index (χ1n) is 7.64. The molecule has 0 bridgehead atoms. The predicted octanol–water partition coefficient (Wildman–Crippen LogP) is 3.39. The van der Waals surface area contributed by atoms with Crippen molar-refractivity contribution in [1.82, 2.24) is 15.1 Å². The average molecular weight is 342 g/mol. The fraction of sp³-hybridized carbons (Fsp3) is 0.235. The fourth-order valence-corrected chi connectivity index (χ4v) is 3.25. The van der Waals surface area contributed by atoms with Gasteiger partial charge in [-0.2, -0.15) is 5.10 Å². The SMILES string of the molecule is Cn1cc(CNCCc2cccs2)c(-c2ccc([N+](=O)[O-])cc2)n1. The van der Waals surface area contributed by atoms with Crippen LogP contribution >= 0.6 is 11.3 Å². The van der Waals surface area contributed by atoms with Gasteiger partial charge in [-0.05, 0) is 30.0 Å². The van der Waals surface area contributed by atoms with E-state index in [0.29, 0.717) is 6.54 Å². The van der Waals surface area contributed by atoms with Crippen molar-refractivity contribution >= 4 is 17.0 Å². The van der Waals surface area contributed by atoms with Crippen LogP contribution in [-0.4, -0.2) is 21.2 Å². The van der Waals surface area contributed by atoms with Crippen LogP contribution in [0.15, 0.2) is 48.0 Å². The third-order valence-corrected chi connectivity index (χ3v) is 4.64. The lowest BCUT2D eigenvalue weighted by molar-refractivity contribution is -0.384. The summed E-state index contributed by atoms with van der Waals surface area (Å²) in [5, 5.41) is 20.8. The Morgan fingerprint density at radius 2 is 2.08 bits per heavy atom. The van der Waals surface area contributed by atoms with Gasteiger partial charge in [0.1, 0.15) is 0 Å². The van der Waals surface area contributed by atoms with Crippen molar-refractivity contribution in [3.8, 4) is 11.3 Å². The Balaban J connectivity index is 1.67. The zero-order chi connectivity index (χ0) is 16.9. The number of nitro groups is 1. The van der Waals surface area contributed by atoms with Crippen molar-refractivity contribution in [1.29, 1.82) is 0 Å². The van der Waals surface area contributed by atoms with Crippen molar-refractivity contribution in [2.24, 2.45) is 7.05 Å². The van der Waals surface area contributed by atoms with E-state index in [4.69, 9.17) is 0 Å². The van der Waals surface area contributed by atoms with Gasteiger partial charge in [-0.1, -0.05) is 6.07 Å². The second-order valence-electron chi connectivity index (χ2n) is 5.49. The summed E-state index contributed by atoms with van der Waals surface area (Å²) in [5.74, 6) is 0. The third kappa shape index (κ3) is 3.87.